The van der Waals surface area contributed by atoms with Crippen molar-refractivity contribution in [3.05, 3.63) is 46.4 Å². The molecule has 1 aromatic carbocycles. The van der Waals surface area contributed by atoms with Gasteiger partial charge in [-0.3, -0.25) is 4.90 Å². The second kappa shape index (κ2) is 3.98. The normalized spacial score (nSPS) is 16.7. The molecule has 1 aliphatic carbocycles. The Morgan fingerprint density at radius 2 is 2.00 bits per heavy atom. The molecule has 0 saturated heterocycles. The molecular weight excluding hydrogens is 238 g/mol. The van der Waals surface area contributed by atoms with Gasteiger partial charge in [0.1, 0.15) is 5.60 Å². The number of benzene rings is 1. The predicted octanol–water partition coefficient (Wildman–Crippen LogP) is 1.77. The molecule has 3 heteroatoms. The molecule has 0 aromatic heterocycles. The monoisotopic (exact) mass is 255 g/mol. The van der Waals surface area contributed by atoms with E-state index in [1.165, 1.54) is 0 Å². The summed E-state index contributed by atoms with van der Waals surface area (Å²) in [5.74, 6) is 0. The fraction of sp³-hybridized carbons (Fsp3) is 0.312. The fourth-order valence-corrected chi connectivity index (χ4v) is 2.45. The molecule has 0 unspecified atom stereocenters. The van der Waals surface area contributed by atoms with Crippen molar-refractivity contribution >= 4 is 17.9 Å². The summed E-state index contributed by atoms with van der Waals surface area (Å²) in [5.41, 5.74) is 1.62. The molecule has 0 saturated carbocycles. The number of hydrogen-bond acceptors (Lipinski definition) is 2. The molecule has 0 N–H and O–H groups in total. The van der Waals surface area contributed by atoms with Crippen LogP contribution < -0.4 is 10.4 Å². The zero-order valence-corrected chi connectivity index (χ0v) is 11.4. The van der Waals surface area contributed by atoms with Crippen LogP contribution in [0.4, 0.5) is 4.79 Å². The van der Waals surface area contributed by atoms with E-state index >= 15 is 0 Å². The van der Waals surface area contributed by atoms with Gasteiger partial charge in [-0.05, 0) is 37.6 Å². The van der Waals surface area contributed by atoms with Crippen molar-refractivity contribution in [3.63, 3.8) is 0 Å². The molecule has 1 amide bonds. The van der Waals surface area contributed by atoms with Crippen LogP contribution in [0.1, 0.15) is 20.8 Å². The van der Waals surface area contributed by atoms with E-state index in [4.69, 9.17) is 4.74 Å². The van der Waals surface area contributed by atoms with Crippen molar-refractivity contribution in [2.75, 3.05) is 6.54 Å². The Labute approximate surface area is 112 Å². The third-order valence-corrected chi connectivity index (χ3v) is 3.18. The van der Waals surface area contributed by atoms with Crippen molar-refractivity contribution < 1.29 is 9.53 Å². The molecule has 0 bridgehead atoms. The van der Waals surface area contributed by atoms with Crippen LogP contribution in [0, 0.1) is 0 Å². The SMILES string of the molecule is CC(C)(C)OC(=O)N1CC=C2C=c3ccccc3=C21. The van der Waals surface area contributed by atoms with E-state index in [0.717, 1.165) is 21.7 Å². The number of ether oxygens (including phenoxy) is 1. The van der Waals surface area contributed by atoms with Crippen molar-refractivity contribution in [2.45, 2.75) is 26.4 Å². The molecule has 1 heterocycles. The molecule has 0 atom stereocenters. The molecule has 3 rings (SSSR count). The van der Waals surface area contributed by atoms with Crippen LogP contribution >= 0.6 is 0 Å². The second-order valence-corrected chi connectivity index (χ2v) is 5.83. The minimum atomic E-state index is -0.470. The zero-order chi connectivity index (χ0) is 13.6. The van der Waals surface area contributed by atoms with E-state index < -0.39 is 5.60 Å². The standard InChI is InChI=1S/C16H17NO2/c1-16(2,3)19-15(18)17-9-8-12-10-11-6-4-5-7-13(11)14(12)17/h4-8,10H,9H2,1-3H3. The molecule has 3 nitrogen and oxygen atoms in total. The van der Waals surface area contributed by atoms with E-state index in [1.54, 1.807) is 4.90 Å². The minimum absolute atomic E-state index is 0.279. The van der Waals surface area contributed by atoms with E-state index in [2.05, 4.69) is 18.2 Å². The van der Waals surface area contributed by atoms with E-state index in [1.807, 2.05) is 39.0 Å². The number of carbonyl (C=O) groups is 1. The van der Waals surface area contributed by atoms with Crippen LogP contribution in [-0.2, 0) is 4.74 Å². The van der Waals surface area contributed by atoms with Crippen LogP contribution in [0.3, 0.4) is 0 Å². The highest BCUT2D eigenvalue weighted by Gasteiger charge is 2.30. The molecule has 2 aliphatic rings. The van der Waals surface area contributed by atoms with Crippen molar-refractivity contribution in [1.29, 1.82) is 0 Å². The lowest BCUT2D eigenvalue weighted by Crippen LogP contribution is -2.37. The second-order valence-electron chi connectivity index (χ2n) is 5.83. The van der Waals surface area contributed by atoms with Gasteiger partial charge in [-0.1, -0.05) is 30.3 Å². The Morgan fingerprint density at radius 1 is 1.26 bits per heavy atom. The third-order valence-electron chi connectivity index (χ3n) is 3.18. The van der Waals surface area contributed by atoms with Crippen LogP contribution in [0.2, 0.25) is 0 Å². The lowest BCUT2D eigenvalue weighted by atomic mass is 10.2. The van der Waals surface area contributed by atoms with E-state index in [9.17, 15) is 4.79 Å². The summed E-state index contributed by atoms with van der Waals surface area (Å²) in [6.45, 7) is 6.24. The number of carbonyl (C=O) groups excluding carboxylic acids is 1. The van der Waals surface area contributed by atoms with Gasteiger partial charge in [0.2, 0.25) is 0 Å². The maximum Gasteiger partial charge on any atom is 0.415 e. The van der Waals surface area contributed by atoms with Crippen LogP contribution in [0.25, 0.3) is 11.8 Å². The summed E-state index contributed by atoms with van der Waals surface area (Å²) in [6, 6.07) is 8.11. The van der Waals surface area contributed by atoms with Crippen molar-refractivity contribution in [3.8, 4) is 0 Å². The molecule has 1 aliphatic heterocycles. The van der Waals surface area contributed by atoms with Gasteiger partial charge >= 0.3 is 6.09 Å². The average Bonchev–Trinajstić information content (AvgIpc) is 2.84. The minimum Gasteiger partial charge on any atom is -0.443 e. The summed E-state index contributed by atoms with van der Waals surface area (Å²) in [5, 5.41) is 2.27. The molecule has 0 radical (unpaired) electrons. The number of hydrogen-bond donors (Lipinski definition) is 0. The Kier molecular flexibility index (Phi) is 2.52. The number of rotatable bonds is 0. The van der Waals surface area contributed by atoms with Gasteiger partial charge in [0.05, 0.1) is 5.70 Å². The van der Waals surface area contributed by atoms with Gasteiger partial charge in [-0.15, -0.1) is 0 Å². The molecule has 1 aromatic rings. The fourth-order valence-electron chi connectivity index (χ4n) is 2.45. The van der Waals surface area contributed by atoms with Gasteiger partial charge in [0.25, 0.3) is 0 Å². The Morgan fingerprint density at radius 3 is 2.74 bits per heavy atom. The summed E-state index contributed by atoms with van der Waals surface area (Å²) in [4.78, 5) is 14.0. The molecule has 0 spiro atoms. The highest BCUT2D eigenvalue weighted by molar-refractivity contribution is 5.91. The Bertz CT molecular complexity index is 692. The van der Waals surface area contributed by atoms with Crippen LogP contribution in [0.5, 0.6) is 0 Å². The lowest BCUT2D eigenvalue weighted by molar-refractivity contribution is 0.0374. The summed E-state index contributed by atoms with van der Waals surface area (Å²) in [7, 11) is 0. The van der Waals surface area contributed by atoms with E-state index in [-0.39, 0.29) is 6.09 Å². The topological polar surface area (TPSA) is 29.5 Å². The van der Waals surface area contributed by atoms with Gasteiger partial charge in [0, 0.05) is 11.8 Å². The first-order valence-corrected chi connectivity index (χ1v) is 6.48. The molecule has 0 fully saturated rings. The first kappa shape index (κ1) is 12.0. The largest absolute Gasteiger partial charge is 0.443 e. The number of fused-ring (bicyclic) bond motifs is 2. The number of nitrogens with zero attached hydrogens (tertiary/aromatic N) is 1. The maximum atomic E-state index is 12.2. The first-order valence-electron chi connectivity index (χ1n) is 6.48. The summed E-state index contributed by atoms with van der Waals surface area (Å²) < 4.78 is 5.46. The average molecular weight is 255 g/mol. The van der Waals surface area contributed by atoms with Gasteiger partial charge in [-0.2, -0.15) is 0 Å². The van der Waals surface area contributed by atoms with Crippen molar-refractivity contribution in [1.82, 2.24) is 4.90 Å². The van der Waals surface area contributed by atoms with Gasteiger partial charge in [-0.25, -0.2) is 4.79 Å². The molecule has 19 heavy (non-hydrogen) atoms. The lowest BCUT2D eigenvalue weighted by Gasteiger charge is -2.25. The first-order chi connectivity index (χ1) is 8.96. The third kappa shape index (κ3) is 2.05. The van der Waals surface area contributed by atoms with E-state index in [0.29, 0.717) is 6.54 Å². The van der Waals surface area contributed by atoms with Crippen molar-refractivity contribution in [2.24, 2.45) is 0 Å². The highest BCUT2D eigenvalue weighted by Crippen LogP contribution is 2.27. The summed E-state index contributed by atoms with van der Waals surface area (Å²) in [6.07, 6.45) is 3.91. The Hall–Kier alpha value is -2.03. The van der Waals surface area contributed by atoms with Gasteiger partial charge in [0.15, 0.2) is 0 Å². The smallest absolute Gasteiger partial charge is 0.415 e. The predicted molar refractivity (Wildman–Crippen MR) is 74.6 cm³/mol. The maximum absolute atomic E-state index is 12.2. The zero-order valence-electron chi connectivity index (χ0n) is 11.4. The van der Waals surface area contributed by atoms with Crippen LogP contribution in [0.15, 0.2) is 35.9 Å². The number of amides is 1. The Balaban J connectivity index is 2.02. The quantitative estimate of drug-likeness (QED) is 0.707. The summed E-state index contributed by atoms with van der Waals surface area (Å²) >= 11 is 0. The highest BCUT2D eigenvalue weighted by atomic mass is 16.6. The molecule has 98 valence electrons. The molecular formula is C16H17NO2. The van der Waals surface area contributed by atoms with Gasteiger partial charge < -0.3 is 4.74 Å². The van der Waals surface area contributed by atoms with Crippen LogP contribution in [-0.4, -0.2) is 23.1 Å².